The fourth-order valence-corrected chi connectivity index (χ4v) is 0.513. The van der Waals surface area contributed by atoms with Crippen LogP contribution in [0.4, 0.5) is 0 Å². The highest BCUT2D eigenvalue weighted by atomic mass is 16.5. The zero-order valence-corrected chi connectivity index (χ0v) is 9.64. The van der Waals surface area contributed by atoms with Gasteiger partial charge in [0.1, 0.15) is 0 Å². The Balaban J connectivity index is 0. The molecule has 0 atom stereocenters. The quantitative estimate of drug-likeness (QED) is 0.442. The smallest absolute Gasteiger partial charge is 0.333 e. The highest BCUT2D eigenvalue weighted by Gasteiger charge is 1.90. The predicted molar refractivity (Wildman–Crippen MR) is 59.8 cm³/mol. The summed E-state index contributed by atoms with van der Waals surface area (Å²) in [7, 11) is 0. The van der Waals surface area contributed by atoms with Gasteiger partial charge in [0.15, 0.2) is 0 Å². The number of aliphatic hydroxyl groups excluding tert-OH is 1. The Labute approximate surface area is 95.4 Å². The zero-order chi connectivity index (χ0) is 12.8. The van der Waals surface area contributed by atoms with E-state index < -0.39 is 5.97 Å². The van der Waals surface area contributed by atoms with Gasteiger partial charge in [-0.2, -0.15) is 0 Å². The molecule has 0 radical (unpaired) electrons. The summed E-state index contributed by atoms with van der Waals surface area (Å²) in [6.07, 6.45) is 3.62. The van der Waals surface area contributed by atoms with E-state index in [0.717, 1.165) is 18.6 Å². The maximum absolute atomic E-state index is 10.2. The van der Waals surface area contributed by atoms with E-state index in [-0.39, 0.29) is 5.97 Å². The van der Waals surface area contributed by atoms with E-state index in [1.807, 2.05) is 6.92 Å². The lowest BCUT2D eigenvalue weighted by Gasteiger charge is -1.94. The molecular formula is C11H18O5. The molecule has 0 spiro atoms. The van der Waals surface area contributed by atoms with E-state index >= 15 is 0 Å². The number of hydrogen-bond acceptors (Lipinski definition) is 5. The molecule has 5 heteroatoms. The van der Waals surface area contributed by atoms with Gasteiger partial charge < -0.3 is 14.6 Å². The van der Waals surface area contributed by atoms with E-state index in [1.54, 1.807) is 6.92 Å². The van der Waals surface area contributed by atoms with Crippen LogP contribution in [-0.4, -0.2) is 30.3 Å². The van der Waals surface area contributed by atoms with Crippen molar-refractivity contribution < 1.29 is 24.2 Å². The van der Waals surface area contributed by atoms with Crippen LogP contribution in [0.2, 0.25) is 0 Å². The molecule has 0 unspecified atom stereocenters. The van der Waals surface area contributed by atoms with Crippen molar-refractivity contribution in [1.82, 2.24) is 0 Å². The van der Waals surface area contributed by atoms with Gasteiger partial charge in [0.05, 0.1) is 25.6 Å². The first-order chi connectivity index (χ1) is 7.62. The van der Waals surface area contributed by atoms with Crippen LogP contribution < -0.4 is 0 Å². The van der Waals surface area contributed by atoms with Crippen LogP contribution in [0, 0.1) is 0 Å². The molecule has 0 aliphatic rings. The summed E-state index contributed by atoms with van der Waals surface area (Å²) in [5.41, 5.74) is 0. The van der Waals surface area contributed by atoms with Gasteiger partial charge in [-0.05, 0) is 13.3 Å². The van der Waals surface area contributed by atoms with Crippen molar-refractivity contribution in [2.75, 3.05) is 13.2 Å². The highest BCUT2D eigenvalue weighted by Crippen LogP contribution is 1.81. The molecule has 0 fully saturated rings. The lowest BCUT2D eigenvalue weighted by atomic mass is 10.5. The van der Waals surface area contributed by atoms with Crippen LogP contribution in [-0.2, 0) is 19.1 Å². The van der Waals surface area contributed by atoms with E-state index in [0.29, 0.717) is 19.5 Å². The van der Waals surface area contributed by atoms with Gasteiger partial charge in [-0.25, -0.2) is 9.59 Å². The van der Waals surface area contributed by atoms with Gasteiger partial charge in [-0.15, -0.1) is 0 Å². The van der Waals surface area contributed by atoms with E-state index in [1.165, 1.54) is 0 Å². The Hall–Kier alpha value is -1.78. The van der Waals surface area contributed by atoms with Crippen LogP contribution in [0.5, 0.6) is 0 Å². The summed E-state index contributed by atoms with van der Waals surface area (Å²) in [6.45, 7) is 7.70. The van der Waals surface area contributed by atoms with Crippen LogP contribution in [0.15, 0.2) is 25.0 Å². The largest absolute Gasteiger partial charge is 0.515 e. The maximum Gasteiger partial charge on any atom is 0.333 e. The Morgan fingerprint density at radius 2 is 1.88 bits per heavy atom. The van der Waals surface area contributed by atoms with E-state index in [9.17, 15) is 9.59 Å². The fourth-order valence-electron chi connectivity index (χ4n) is 0.513. The number of carbonyl (C=O) groups is 2. The lowest BCUT2D eigenvalue weighted by Crippen LogP contribution is -1.99. The Morgan fingerprint density at radius 1 is 1.25 bits per heavy atom. The standard InChI is InChI=1S/C6H10O2.C5H8O3/c1-3-5-8-6(7)4-2;1-2-8-5(7)3-4-6/h4H,2-3,5H2,1H3;3-4,6H,2H2,1H3. The average Bonchev–Trinajstić information content (AvgIpc) is 2.27. The lowest BCUT2D eigenvalue weighted by molar-refractivity contribution is -0.138. The fraction of sp³-hybridized carbons (Fsp3) is 0.455. The number of aliphatic hydroxyl groups is 1. The second-order valence-electron chi connectivity index (χ2n) is 2.44. The molecule has 0 aromatic carbocycles. The highest BCUT2D eigenvalue weighted by molar-refractivity contribution is 5.81. The molecule has 5 nitrogen and oxygen atoms in total. The minimum absolute atomic E-state index is 0.336. The molecule has 0 aliphatic heterocycles. The third-order valence-electron chi connectivity index (χ3n) is 1.11. The van der Waals surface area contributed by atoms with Crippen LogP contribution in [0.1, 0.15) is 20.3 Å². The molecule has 0 saturated carbocycles. The summed E-state index contributed by atoms with van der Waals surface area (Å²) in [5.74, 6) is -0.859. The van der Waals surface area contributed by atoms with Crippen LogP contribution >= 0.6 is 0 Å². The van der Waals surface area contributed by atoms with Gasteiger partial charge in [-0.3, -0.25) is 0 Å². The number of rotatable bonds is 5. The summed E-state index contributed by atoms with van der Waals surface area (Å²) < 4.78 is 8.98. The average molecular weight is 230 g/mol. The Bertz CT molecular complexity index is 233. The van der Waals surface area contributed by atoms with Gasteiger partial charge in [0, 0.05) is 6.08 Å². The topological polar surface area (TPSA) is 72.8 Å². The van der Waals surface area contributed by atoms with E-state index in [4.69, 9.17) is 5.11 Å². The molecule has 92 valence electrons. The van der Waals surface area contributed by atoms with Crippen molar-refractivity contribution in [2.24, 2.45) is 0 Å². The van der Waals surface area contributed by atoms with E-state index in [2.05, 4.69) is 16.1 Å². The predicted octanol–water partition coefficient (Wildman–Crippen LogP) is 1.75. The molecule has 0 aromatic heterocycles. The van der Waals surface area contributed by atoms with Crippen molar-refractivity contribution in [3.8, 4) is 0 Å². The molecule has 0 heterocycles. The molecule has 0 aliphatic carbocycles. The second-order valence-corrected chi connectivity index (χ2v) is 2.44. The maximum atomic E-state index is 10.2. The molecule has 0 rings (SSSR count). The van der Waals surface area contributed by atoms with Crippen LogP contribution in [0.3, 0.4) is 0 Å². The van der Waals surface area contributed by atoms with Crippen molar-refractivity contribution >= 4 is 11.9 Å². The third-order valence-corrected chi connectivity index (χ3v) is 1.11. The molecule has 0 aromatic rings. The van der Waals surface area contributed by atoms with Crippen molar-refractivity contribution in [2.45, 2.75) is 20.3 Å². The monoisotopic (exact) mass is 230 g/mol. The summed E-state index contributed by atoms with van der Waals surface area (Å²) in [6, 6.07) is 0. The zero-order valence-electron chi connectivity index (χ0n) is 9.64. The normalized spacial score (nSPS) is 8.88. The molecular weight excluding hydrogens is 212 g/mol. The molecule has 0 bridgehead atoms. The SMILES string of the molecule is C=CC(=O)OCCC.CCOC(=O)C=CO. The first-order valence-corrected chi connectivity index (χ1v) is 4.89. The summed E-state index contributed by atoms with van der Waals surface area (Å²) in [4.78, 5) is 20.4. The number of ether oxygens (including phenoxy) is 2. The Kier molecular flexibility index (Phi) is 13.8. The number of esters is 2. The van der Waals surface area contributed by atoms with Crippen molar-refractivity contribution in [3.63, 3.8) is 0 Å². The van der Waals surface area contributed by atoms with Crippen molar-refractivity contribution in [3.05, 3.63) is 25.0 Å². The minimum atomic E-state index is -0.519. The van der Waals surface area contributed by atoms with Crippen molar-refractivity contribution in [1.29, 1.82) is 0 Å². The minimum Gasteiger partial charge on any atom is -0.515 e. The van der Waals surface area contributed by atoms with Gasteiger partial charge in [0.25, 0.3) is 0 Å². The first-order valence-electron chi connectivity index (χ1n) is 4.89. The Morgan fingerprint density at radius 3 is 2.25 bits per heavy atom. The molecule has 1 N–H and O–H groups in total. The van der Waals surface area contributed by atoms with Gasteiger partial charge in [-0.1, -0.05) is 13.5 Å². The summed E-state index contributed by atoms with van der Waals surface area (Å²) in [5, 5.41) is 7.98. The summed E-state index contributed by atoms with van der Waals surface area (Å²) >= 11 is 0. The van der Waals surface area contributed by atoms with Crippen LogP contribution in [0.25, 0.3) is 0 Å². The molecule has 16 heavy (non-hydrogen) atoms. The first kappa shape index (κ1) is 16.6. The number of carbonyl (C=O) groups excluding carboxylic acids is 2. The van der Waals surface area contributed by atoms with Gasteiger partial charge in [0.2, 0.25) is 0 Å². The second kappa shape index (κ2) is 13.2. The van der Waals surface area contributed by atoms with Gasteiger partial charge >= 0.3 is 11.9 Å². The number of hydrogen-bond donors (Lipinski definition) is 1. The molecule has 0 amide bonds. The third kappa shape index (κ3) is 14.7. The molecule has 0 saturated heterocycles.